The lowest BCUT2D eigenvalue weighted by Gasteiger charge is -2.01. The summed E-state index contributed by atoms with van der Waals surface area (Å²) in [4.78, 5) is 19.5. The van der Waals surface area contributed by atoms with Gasteiger partial charge in [-0.05, 0) is 12.1 Å². The number of allylic oxidation sites excluding steroid dienone is 1. The van der Waals surface area contributed by atoms with E-state index in [2.05, 4.69) is 17.1 Å². The van der Waals surface area contributed by atoms with Crippen LogP contribution in [0.2, 0.25) is 0 Å². The molecule has 1 aromatic carbocycles. The van der Waals surface area contributed by atoms with E-state index in [1.807, 2.05) is 0 Å². The van der Waals surface area contributed by atoms with Gasteiger partial charge in [0, 0.05) is 12.3 Å². The number of nitro benzene ring substituents is 2. The summed E-state index contributed by atoms with van der Waals surface area (Å²) < 4.78 is 22.5. The maximum atomic E-state index is 10.9. The highest BCUT2D eigenvalue weighted by molar-refractivity contribution is 5.72. The molecule has 1 rings (SSSR count). The Morgan fingerprint density at radius 3 is 2.65 bits per heavy atom. The maximum absolute atomic E-state index is 10.9. The molecule has 8 heteroatoms. The molecule has 0 bridgehead atoms. The van der Waals surface area contributed by atoms with Crippen molar-refractivity contribution in [3.05, 3.63) is 51.0 Å². The summed E-state index contributed by atoms with van der Waals surface area (Å²) in [7, 11) is 0. The fraction of sp³-hybridized carbons (Fsp3) is 0. The zero-order valence-electron chi connectivity index (χ0n) is 11.3. The van der Waals surface area contributed by atoms with Crippen LogP contribution in [0.3, 0.4) is 0 Å². The Kier molecular flexibility index (Phi) is 2.64. The minimum atomic E-state index is -1.10. The van der Waals surface area contributed by atoms with Crippen molar-refractivity contribution in [1.82, 2.24) is 0 Å². The number of benzene rings is 1. The Morgan fingerprint density at radius 2 is 2.12 bits per heavy atom. The molecule has 17 heavy (non-hydrogen) atoms. The lowest BCUT2D eigenvalue weighted by atomic mass is 10.2. The molecular formula is C9H8N4O4. The van der Waals surface area contributed by atoms with Gasteiger partial charge >= 0.3 is 5.69 Å². The highest BCUT2D eigenvalue weighted by Gasteiger charge is 2.18. The van der Waals surface area contributed by atoms with Gasteiger partial charge in [0.1, 0.15) is 5.69 Å². The molecule has 0 amide bonds. The smallest absolute Gasteiger partial charge is 0.272 e. The largest absolute Gasteiger partial charge is 0.301 e. The summed E-state index contributed by atoms with van der Waals surface area (Å²) in [5.41, 5.74) is -0.528. The normalized spacial score (nSPS) is 12.6. The third-order valence-electron chi connectivity index (χ3n) is 1.50. The standard InChI is InChI=1S/C9H8N4O4/c1-2-5-10-11-8-4-3-7(12(14)15)6-9(8)13(16)17/h2-6,11H,1H2/i3D,4D,6D. The Morgan fingerprint density at radius 1 is 1.41 bits per heavy atom. The van der Waals surface area contributed by atoms with E-state index in [0.717, 1.165) is 6.21 Å². The second-order valence-corrected chi connectivity index (χ2v) is 2.59. The molecule has 8 nitrogen and oxygen atoms in total. The third-order valence-corrected chi connectivity index (χ3v) is 1.50. The van der Waals surface area contributed by atoms with E-state index in [0.29, 0.717) is 0 Å². The van der Waals surface area contributed by atoms with Crippen LogP contribution in [0.5, 0.6) is 0 Å². The molecule has 0 radical (unpaired) electrons. The van der Waals surface area contributed by atoms with Crippen LogP contribution >= 0.6 is 0 Å². The number of nitrogens with zero attached hydrogens (tertiary/aromatic N) is 3. The number of rotatable bonds is 5. The van der Waals surface area contributed by atoms with Gasteiger partial charge in [-0.2, -0.15) is 5.10 Å². The van der Waals surface area contributed by atoms with Gasteiger partial charge in [0.2, 0.25) is 0 Å². The molecule has 88 valence electrons. The summed E-state index contributed by atoms with van der Waals surface area (Å²) in [6.07, 6.45) is 2.37. The lowest BCUT2D eigenvalue weighted by molar-refractivity contribution is -0.393. The van der Waals surface area contributed by atoms with E-state index in [4.69, 9.17) is 4.11 Å². The molecule has 0 heterocycles. The predicted molar refractivity (Wildman–Crippen MR) is 62.1 cm³/mol. The average Bonchev–Trinajstić information content (AvgIpc) is 2.34. The first-order valence-corrected chi connectivity index (χ1v) is 4.15. The van der Waals surface area contributed by atoms with Crippen LogP contribution in [0.15, 0.2) is 35.9 Å². The summed E-state index contributed by atoms with van der Waals surface area (Å²) in [5, 5.41) is 25.1. The summed E-state index contributed by atoms with van der Waals surface area (Å²) in [6.45, 7) is 3.31. The van der Waals surface area contributed by atoms with Gasteiger partial charge in [-0.3, -0.25) is 25.7 Å². The highest BCUT2D eigenvalue weighted by atomic mass is 16.6. The van der Waals surface area contributed by atoms with Crippen molar-refractivity contribution in [2.45, 2.75) is 0 Å². The number of nitro groups is 2. The topological polar surface area (TPSA) is 111 Å². The van der Waals surface area contributed by atoms with E-state index >= 15 is 0 Å². The van der Waals surface area contributed by atoms with Gasteiger partial charge in [-0.1, -0.05) is 6.58 Å². The molecule has 0 unspecified atom stereocenters. The second kappa shape index (κ2) is 5.35. The van der Waals surface area contributed by atoms with E-state index in [9.17, 15) is 20.2 Å². The van der Waals surface area contributed by atoms with Crippen LogP contribution in [-0.4, -0.2) is 16.1 Å². The van der Waals surface area contributed by atoms with Crippen molar-refractivity contribution in [3.63, 3.8) is 0 Å². The molecule has 0 atom stereocenters. The van der Waals surface area contributed by atoms with Crippen LogP contribution < -0.4 is 5.43 Å². The zero-order valence-corrected chi connectivity index (χ0v) is 8.34. The summed E-state index contributed by atoms with van der Waals surface area (Å²) in [6, 6.07) is -2.75. The van der Waals surface area contributed by atoms with Gasteiger partial charge in [0.05, 0.1) is 20.0 Å². The Bertz CT molecular complexity index is 632. The van der Waals surface area contributed by atoms with Crippen molar-refractivity contribution in [2.24, 2.45) is 5.10 Å². The predicted octanol–water partition coefficient (Wildman–Crippen LogP) is 2.09. The molecule has 1 aromatic rings. The molecule has 0 aliphatic carbocycles. The Balaban J connectivity index is 3.66. The van der Waals surface area contributed by atoms with E-state index < -0.39 is 45.0 Å². The number of nitrogens with one attached hydrogen (secondary N) is 1. The molecule has 0 aromatic heterocycles. The minimum Gasteiger partial charge on any atom is -0.272 e. The fourth-order valence-electron chi connectivity index (χ4n) is 0.850. The molecule has 1 N–H and O–H groups in total. The van der Waals surface area contributed by atoms with E-state index in [1.54, 1.807) is 0 Å². The minimum absolute atomic E-state index is 0.561. The molecule has 0 saturated heterocycles. The van der Waals surface area contributed by atoms with Crippen LogP contribution in [0.4, 0.5) is 17.1 Å². The summed E-state index contributed by atoms with van der Waals surface area (Å²) in [5.74, 6) is 0. The number of anilines is 1. The number of hydrogen-bond donors (Lipinski definition) is 1. The zero-order chi connectivity index (χ0) is 15.4. The number of hydrogen-bond acceptors (Lipinski definition) is 6. The maximum Gasteiger partial charge on any atom is 0.301 e. The van der Waals surface area contributed by atoms with Crippen molar-refractivity contribution in [3.8, 4) is 0 Å². The molecule has 0 aliphatic rings. The van der Waals surface area contributed by atoms with Gasteiger partial charge in [-0.15, -0.1) is 0 Å². The number of hydrazone groups is 1. The molecular weight excluding hydrogens is 228 g/mol. The Labute approximate surface area is 99.8 Å². The summed E-state index contributed by atoms with van der Waals surface area (Å²) >= 11 is 0. The van der Waals surface area contributed by atoms with Gasteiger partial charge in [-0.25, -0.2) is 0 Å². The van der Waals surface area contributed by atoms with E-state index in [1.165, 1.54) is 6.08 Å². The van der Waals surface area contributed by atoms with Crippen LogP contribution in [-0.2, 0) is 0 Å². The molecule has 0 fully saturated rings. The van der Waals surface area contributed by atoms with Gasteiger partial charge in [0.25, 0.3) is 5.69 Å². The van der Waals surface area contributed by atoms with Crippen molar-refractivity contribution >= 4 is 23.3 Å². The monoisotopic (exact) mass is 239 g/mol. The average molecular weight is 239 g/mol. The van der Waals surface area contributed by atoms with Crippen LogP contribution in [0.1, 0.15) is 4.11 Å². The van der Waals surface area contributed by atoms with Gasteiger partial charge in [0.15, 0.2) is 0 Å². The van der Waals surface area contributed by atoms with Crippen molar-refractivity contribution in [2.75, 3.05) is 5.43 Å². The first-order valence-electron chi connectivity index (χ1n) is 5.65. The van der Waals surface area contributed by atoms with Gasteiger partial charge < -0.3 is 0 Å². The molecule has 0 spiro atoms. The quantitative estimate of drug-likeness (QED) is 0.480. The van der Waals surface area contributed by atoms with Crippen LogP contribution in [0.25, 0.3) is 0 Å². The highest BCUT2D eigenvalue weighted by Crippen LogP contribution is 2.28. The SMILES string of the molecule is [2H]c1c([2H])c([N+](=O)[O-])c([2H])c([N+](=O)[O-])c1NN=CC=C. The fourth-order valence-corrected chi connectivity index (χ4v) is 0.850. The van der Waals surface area contributed by atoms with Crippen LogP contribution in [0, 0.1) is 20.2 Å². The lowest BCUT2D eigenvalue weighted by Crippen LogP contribution is -1.98. The van der Waals surface area contributed by atoms with E-state index in [-0.39, 0.29) is 0 Å². The van der Waals surface area contributed by atoms with Crippen molar-refractivity contribution < 1.29 is 14.0 Å². The second-order valence-electron chi connectivity index (χ2n) is 2.59. The Hall–Kier alpha value is -2.77. The first kappa shape index (κ1) is 8.39. The molecule has 0 aliphatic heterocycles. The third kappa shape index (κ3) is 3.09. The molecule has 0 saturated carbocycles. The van der Waals surface area contributed by atoms with Crippen molar-refractivity contribution in [1.29, 1.82) is 0 Å². The first-order chi connectivity index (χ1) is 9.32.